The minimum atomic E-state index is -3.40. The predicted octanol–water partition coefficient (Wildman–Crippen LogP) is 1.71. The molecule has 0 radical (unpaired) electrons. The summed E-state index contributed by atoms with van der Waals surface area (Å²) in [5.41, 5.74) is 6.16. The van der Waals surface area contributed by atoms with Gasteiger partial charge in [0.05, 0.1) is 4.90 Å². The van der Waals surface area contributed by atoms with Gasteiger partial charge in [0.25, 0.3) is 5.91 Å². The Kier molecular flexibility index (Phi) is 4.64. The number of amides is 1. The van der Waals surface area contributed by atoms with Crippen LogP contribution in [0.25, 0.3) is 0 Å². The molecule has 1 heterocycles. The number of hydrogen-bond acceptors (Lipinski definition) is 5. The summed E-state index contributed by atoms with van der Waals surface area (Å²) in [6, 6.07) is 8.11. The van der Waals surface area contributed by atoms with Gasteiger partial charge in [-0.05, 0) is 36.1 Å². The van der Waals surface area contributed by atoms with E-state index in [1.807, 2.05) is 17.5 Å². The zero-order chi connectivity index (χ0) is 15.5. The highest BCUT2D eigenvalue weighted by atomic mass is 32.2. The molecule has 0 aliphatic rings. The lowest BCUT2D eigenvalue weighted by molar-refractivity contribution is 0.0954. The SMILES string of the molecule is CS(=O)(=O)c1cc(N)cc(C(=O)NCCc2cccs2)c1. The molecule has 112 valence electrons. The molecule has 0 saturated heterocycles. The lowest BCUT2D eigenvalue weighted by Gasteiger charge is -2.07. The summed E-state index contributed by atoms with van der Waals surface area (Å²) in [6.07, 6.45) is 1.82. The fraction of sp³-hybridized carbons (Fsp3) is 0.214. The third kappa shape index (κ3) is 4.30. The standard InChI is InChI=1S/C14H16N2O3S2/c1-21(18,19)13-8-10(7-11(15)9-13)14(17)16-5-4-12-3-2-6-20-12/h2-3,6-9H,4-5,15H2,1H3,(H,16,17). The van der Waals surface area contributed by atoms with Crippen molar-refractivity contribution in [1.29, 1.82) is 0 Å². The average molecular weight is 324 g/mol. The highest BCUT2D eigenvalue weighted by Gasteiger charge is 2.13. The van der Waals surface area contributed by atoms with Crippen molar-refractivity contribution < 1.29 is 13.2 Å². The Morgan fingerprint density at radius 3 is 2.71 bits per heavy atom. The van der Waals surface area contributed by atoms with E-state index in [2.05, 4.69) is 5.32 Å². The highest BCUT2D eigenvalue weighted by Crippen LogP contribution is 2.17. The van der Waals surface area contributed by atoms with E-state index in [1.54, 1.807) is 11.3 Å². The largest absolute Gasteiger partial charge is 0.399 e. The number of rotatable bonds is 5. The Bertz CT molecular complexity index is 738. The van der Waals surface area contributed by atoms with Crippen LogP contribution in [0.1, 0.15) is 15.2 Å². The van der Waals surface area contributed by atoms with Crippen LogP contribution in [0.15, 0.2) is 40.6 Å². The topological polar surface area (TPSA) is 89.3 Å². The first-order valence-corrected chi connectivity index (χ1v) is 9.04. The van der Waals surface area contributed by atoms with E-state index in [4.69, 9.17) is 5.73 Å². The second kappa shape index (κ2) is 6.28. The third-order valence-electron chi connectivity index (χ3n) is 2.86. The number of anilines is 1. The second-order valence-electron chi connectivity index (χ2n) is 4.65. The Morgan fingerprint density at radius 1 is 1.33 bits per heavy atom. The molecule has 0 aliphatic carbocycles. The van der Waals surface area contributed by atoms with E-state index < -0.39 is 9.84 Å². The Labute approximate surface area is 127 Å². The smallest absolute Gasteiger partial charge is 0.251 e. The van der Waals surface area contributed by atoms with Gasteiger partial charge < -0.3 is 11.1 Å². The van der Waals surface area contributed by atoms with Gasteiger partial charge in [0, 0.05) is 28.9 Å². The molecule has 0 saturated carbocycles. The zero-order valence-electron chi connectivity index (χ0n) is 11.5. The van der Waals surface area contributed by atoms with Crippen molar-refractivity contribution in [2.24, 2.45) is 0 Å². The number of nitrogen functional groups attached to an aromatic ring is 1. The molecule has 0 unspecified atom stereocenters. The van der Waals surface area contributed by atoms with E-state index in [1.165, 1.54) is 23.1 Å². The van der Waals surface area contributed by atoms with Gasteiger partial charge in [0.2, 0.25) is 0 Å². The fourth-order valence-corrected chi connectivity index (χ4v) is 3.22. The van der Waals surface area contributed by atoms with Gasteiger partial charge in [-0.15, -0.1) is 11.3 Å². The van der Waals surface area contributed by atoms with Crippen LogP contribution < -0.4 is 11.1 Å². The number of thiophene rings is 1. The quantitative estimate of drug-likeness (QED) is 0.819. The van der Waals surface area contributed by atoms with Gasteiger partial charge in [-0.3, -0.25) is 4.79 Å². The van der Waals surface area contributed by atoms with Crippen LogP contribution in [0.3, 0.4) is 0 Å². The molecule has 5 nitrogen and oxygen atoms in total. The third-order valence-corrected chi connectivity index (χ3v) is 4.88. The number of carbonyl (C=O) groups is 1. The molecule has 1 aromatic carbocycles. The predicted molar refractivity (Wildman–Crippen MR) is 84.3 cm³/mol. The van der Waals surface area contributed by atoms with E-state index in [0.29, 0.717) is 6.54 Å². The minimum Gasteiger partial charge on any atom is -0.399 e. The van der Waals surface area contributed by atoms with Crippen molar-refractivity contribution >= 4 is 32.8 Å². The van der Waals surface area contributed by atoms with E-state index in [9.17, 15) is 13.2 Å². The second-order valence-corrected chi connectivity index (χ2v) is 7.70. The molecule has 7 heteroatoms. The van der Waals surface area contributed by atoms with Crippen molar-refractivity contribution in [3.63, 3.8) is 0 Å². The summed E-state index contributed by atoms with van der Waals surface area (Å²) in [4.78, 5) is 13.3. The summed E-state index contributed by atoms with van der Waals surface area (Å²) in [7, 11) is -3.40. The first-order chi connectivity index (χ1) is 9.86. The maximum atomic E-state index is 12.0. The van der Waals surface area contributed by atoms with Gasteiger partial charge >= 0.3 is 0 Å². The normalized spacial score (nSPS) is 11.3. The van der Waals surface area contributed by atoms with Crippen LogP contribution in [0.4, 0.5) is 5.69 Å². The summed E-state index contributed by atoms with van der Waals surface area (Å²) in [5.74, 6) is -0.330. The number of nitrogens with one attached hydrogen (secondary N) is 1. The molecule has 0 fully saturated rings. The summed E-state index contributed by atoms with van der Waals surface area (Å²) in [6.45, 7) is 0.488. The molecule has 0 bridgehead atoms. The molecule has 2 rings (SSSR count). The van der Waals surface area contributed by atoms with Crippen LogP contribution in [-0.2, 0) is 16.3 Å². The van der Waals surface area contributed by atoms with Gasteiger partial charge in [-0.1, -0.05) is 6.07 Å². The molecule has 1 amide bonds. The lowest BCUT2D eigenvalue weighted by atomic mass is 10.2. The molecule has 21 heavy (non-hydrogen) atoms. The van der Waals surface area contributed by atoms with Crippen molar-refractivity contribution in [1.82, 2.24) is 5.32 Å². The van der Waals surface area contributed by atoms with Crippen LogP contribution in [0, 0.1) is 0 Å². The van der Waals surface area contributed by atoms with Gasteiger partial charge in [0.15, 0.2) is 9.84 Å². The molecular weight excluding hydrogens is 308 g/mol. The van der Waals surface area contributed by atoms with E-state index in [-0.39, 0.29) is 22.1 Å². The summed E-state index contributed by atoms with van der Waals surface area (Å²) >= 11 is 1.63. The lowest BCUT2D eigenvalue weighted by Crippen LogP contribution is -2.25. The number of benzene rings is 1. The maximum Gasteiger partial charge on any atom is 0.251 e. The van der Waals surface area contributed by atoms with Crippen LogP contribution in [-0.4, -0.2) is 27.1 Å². The van der Waals surface area contributed by atoms with Gasteiger partial charge in [-0.2, -0.15) is 0 Å². The number of sulfone groups is 1. The number of nitrogens with two attached hydrogens (primary N) is 1. The molecule has 0 aliphatic heterocycles. The minimum absolute atomic E-state index is 0.0471. The number of carbonyl (C=O) groups excluding carboxylic acids is 1. The van der Waals surface area contributed by atoms with Crippen LogP contribution in [0.2, 0.25) is 0 Å². The van der Waals surface area contributed by atoms with Crippen molar-refractivity contribution in [3.8, 4) is 0 Å². The maximum absolute atomic E-state index is 12.0. The van der Waals surface area contributed by atoms with Gasteiger partial charge in [0.1, 0.15) is 0 Å². The molecule has 3 N–H and O–H groups in total. The Balaban J connectivity index is 2.07. The highest BCUT2D eigenvalue weighted by molar-refractivity contribution is 7.90. The van der Waals surface area contributed by atoms with Crippen molar-refractivity contribution in [2.45, 2.75) is 11.3 Å². The van der Waals surface area contributed by atoms with E-state index >= 15 is 0 Å². The molecule has 0 spiro atoms. The average Bonchev–Trinajstić information content (AvgIpc) is 2.90. The van der Waals surface area contributed by atoms with Crippen LogP contribution >= 0.6 is 11.3 Å². The van der Waals surface area contributed by atoms with Crippen molar-refractivity contribution in [2.75, 3.05) is 18.5 Å². The molecule has 0 atom stereocenters. The first-order valence-electron chi connectivity index (χ1n) is 6.27. The summed E-state index contributed by atoms with van der Waals surface area (Å²) in [5, 5.41) is 4.74. The Morgan fingerprint density at radius 2 is 2.10 bits per heavy atom. The Hall–Kier alpha value is -1.86. The first kappa shape index (κ1) is 15.5. The zero-order valence-corrected chi connectivity index (χ0v) is 13.1. The van der Waals surface area contributed by atoms with E-state index in [0.717, 1.165) is 12.7 Å². The van der Waals surface area contributed by atoms with Crippen LogP contribution in [0.5, 0.6) is 0 Å². The molecule has 1 aromatic heterocycles. The summed E-state index contributed by atoms with van der Waals surface area (Å²) < 4.78 is 23.1. The van der Waals surface area contributed by atoms with Gasteiger partial charge in [-0.25, -0.2) is 8.42 Å². The monoisotopic (exact) mass is 324 g/mol. The van der Waals surface area contributed by atoms with Crippen molar-refractivity contribution in [3.05, 3.63) is 46.2 Å². The molecular formula is C14H16N2O3S2. The fourth-order valence-electron chi connectivity index (χ4n) is 1.82. The number of hydrogen-bond donors (Lipinski definition) is 2. The molecule has 2 aromatic rings.